The second-order valence-electron chi connectivity index (χ2n) is 5.06. The number of benzene rings is 1. The summed E-state index contributed by atoms with van der Waals surface area (Å²) >= 11 is 0. The molecule has 1 atom stereocenters. The molecule has 7 heteroatoms. The summed E-state index contributed by atoms with van der Waals surface area (Å²) in [5, 5.41) is 6.39. The van der Waals surface area contributed by atoms with Crippen LogP contribution in [-0.2, 0) is 9.53 Å². The molecule has 2 rings (SSSR count). The maximum atomic E-state index is 12.0. The van der Waals surface area contributed by atoms with Crippen molar-refractivity contribution in [3.63, 3.8) is 0 Å². The van der Waals surface area contributed by atoms with Gasteiger partial charge in [-0.2, -0.15) is 4.98 Å². The maximum absolute atomic E-state index is 12.0. The molecule has 23 heavy (non-hydrogen) atoms. The van der Waals surface area contributed by atoms with Crippen LogP contribution in [-0.4, -0.2) is 34.7 Å². The van der Waals surface area contributed by atoms with E-state index in [0.717, 1.165) is 6.42 Å². The third kappa shape index (κ3) is 4.38. The molecule has 1 heterocycles. The van der Waals surface area contributed by atoms with Crippen molar-refractivity contribution < 1.29 is 18.8 Å². The number of carbonyl (C=O) groups is 2. The van der Waals surface area contributed by atoms with Crippen LogP contribution < -0.4 is 5.32 Å². The number of amides is 1. The summed E-state index contributed by atoms with van der Waals surface area (Å²) < 4.78 is 10.2. The van der Waals surface area contributed by atoms with Gasteiger partial charge in [-0.1, -0.05) is 12.1 Å². The second kappa shape index (κ2) is 7.53. The fourth-order valence-corrected chi connectivity index (χ4v) is 1.84. The van der Waals surface area contributed by atoms with Gasteiger partial charge < -0.3 is 14.6 Å². The molecule has 0 spiro atoms. The predicted octanol–water partition coefficient (Wildman–Crippen LogP) is 2.12. The summed E-state index contributed by atoms with van der Waals surface area (Å²) in [6, 6.07) is 6.55. The molecule has 0 aliphatic carbocycles. The van der Waals surface area contributed by atoms with Crippen LogP contribution in [0.1, 0.15) is 36.5 Å². The van der Waals surface area contributed by atoms with E-state index in [2.05, 4.69) is 15.5 Å². The Morgan fingerprint density at radius 3 is 2.57 bits per heavy atom. The zero-order valence-corrected chi connectivity index (χ0v) is 13.3. The topological polar surface area (TPSA) is 94.3 Å². The van der Waals surface area contributed by atoms with Crippen LogP contribution in [0.15, 0.2) is 28.8 Å². The third-order valence-corrected chi connectivity index (χ3v) is 3.10. The smallest absolute Gasteiger partial charge is 0.338 e. The van der Waals surface area contributed by atoms with Crippen molar-refractivity contribution >= 4 is 11.9 Å². The summed E-state index contributed by atoms with van der Waals surface area (Å²) in [7, 11) is 0. The number of esters is 1. The lowest BCUT2D eigenvalue weighted by Gasteiger charge is -2.13. The van der Waals surface area contributed by atoms with Gasteiger partial charge in [-0.05, 0) is 44.5 Å². The average molecular weight is 317 g/mol. The van der Waals surface area contributed by atoms with Gasteiger partial charge in [0.25, 0.3) is 11.8 Å². The zero-order valence-electron chi connectivity index (χ0n) is 13.3. The minimum Gasteiger partial charge on any atom is -0.449 e. The van der Waals surface area contributed by atoms with Crippen molar-refractivity contribution in [2.75, 3.05) is 6.54 Å². The molecule has 0 saturated carbocycles. The SMILES string of the molecule is CCCNC(=O)C(C)OC(=O)c1ccc(-c2nc(C)no2)cc1. The molecular weight excluding hydrogens is 298 g/mol. The fourth-order valence-electron chi connectivity index (χ4n) is 1.84. The van der Waals surface area contributed by atoms with Gasteiger partial charge in [-0.15, -0.1) is 0 Å². The van der Waals surface area contributed by atoms with Crippen LogP contribution in [0.25, 0.3) is 11.5 Å². The van der Waals surface area contributed by atoms with Crippen LogP contribution >= 0.6 is 0 Å². The Balaban J connectivity index is 1.99. The van der Waals surface area contributed by atoms with Gasteiger partial charge in [0.2, 0.25) is 0 Å². The van der Waals surface area contributed by atoms with Crippen LogP contribution in [0, 0.1) is 6.92 Å². The zero-order chi connectivity index (χ0) is 16.8. The van der Waals surface area contributed by atoms with Gasteiger partial charge in [0.1, 0.15) is 0 Å². The predicted molar refractivity (Wildman–Crippen MR) is 82.6 cm³/mol. The normalized spacial score (nSPS) is 11.8. The van der Waals surface area contributed by atoms with Gasteiger partial charge in [0.15, 0.2) is 11.9 Å². The molecule has 1 unspecified atom stereocenters. The molecule has 0 fully saturated rings. The molecule has 2 aromatic rings. The Morgan fingerprint density at radius 2 is 2.00 bits per heavy atom. The van der Waals surface area contributed by atoms with E-state index in [0.29, 0.717) is 29.4 Å². The monoisotopic (exact) mass is 317 g/mol. The summed E-state index contributed by atoms with van der Waals surface area (Å²) in [5.41, 5.74) is 1.05. The highest BCUT2D eigenvalue weighted by Gasteiger charge is 2.18. The van der Waals surface area contributed by atoms with Gasteiger partial charge in [-0.3, -0.25) is 4.79 Å². The molecule has 0 saturated heterocycles. The highest BCUT2D eigenvalue weighted by Crippen LogP contribution is 2.18. The Kier molecular flexibility index (Phi) is 5.46. The highest BCUT2D eigenvalue weighted by molar-refractivity contribution is 5.92. The number of ether oxygens (including phenoxy) is 1. The van der Waals surface area contributed by atoms with Gasteiger partial charge >= 0.3 is 5.97 Å². The fraction of sp³-hybridized carbons (Fsp3) is 0.375. The molecular formula is C16H19N3O4. The summed E-state index contributed by atoms with van der Waals surface area (Å²) in [5.74, 6) is 0.0562. The van der Waals surface area contributed by atoms with Gasteiger partial charge in [0, 0.05) is 12.1 Å². The van der Waals surface area contributed by atoms with E-state index in [9.17, 15) is 9.59 Å². The first kappa shape index (κ1) is 16.7. The molecule has 0 bridgehead atoms. The number of aromatic nitrogens is 2. The van der Waals surface area contributed by atoms with Crippen molar-refractivity contribution in [1.82, 2.24) is 15.5 Å². The van der Waals surface area contributed by atoms with Crippen molar-refractivity contribution in [1.29, 1.82) is 0 Å². The molecule has 1 aromatic carbocycles. The number of nitrogens with one attached hydrogen (secondary N) is 1. The molecule has 1 N–H and O–H groups in total. The first-order valence-corrected chi connectivity index (χ1v) is 7.40. The van der Waals surface area contributed by atoms with Crippen molar-refractivity contribution in [2.24, 2.45) is 0 Å². The summed E-state index contributed by atoms with van der Waals surface area (Å²) in [6.45, 7) is 5.77. The van der Waals surface area contributed by atoms with E-state index in [1.54, 1.807) is 38.1 Å². The van der Waals surface area contributed by atoms with E-state index < -0.39 is 12.1 Å². The second-order valence-corrected chi connectivity index (χ2v) is 5.06. The summed E-state index contributed by atoms with van der Waals surface area (Å²) in [4.78, 5) is 27.8. The number of nitrogens with zero attached hydrogens (tertiary/aromatic N) is 2. The van der Waals surface area contributed by atoms with Crippen molar-refractivity contribution in [3.05, 3.63) is 35.7 Å². The molecule has 122 valence electrons. The van der Waals surface area contributed by atoms with E-state index in [-0.39, 0.29) is 5.91 Å². The first-order chi connectivity index (χ1) is 11.0. The standard InChI is InChI=1S/C16H19N3O4/c1-4-9-17-14(20)10(2)22-16(21)13-7-5-12(6-8-13)15-18-11(3)19-23-15/h5-8,10H,4,9H2,1-3H3,(H,17,20). The number of aryl methyl sites for hydroxylation is 1. The lowest BCUT2D eigenvalue weighted by Crippen LogP contribution is -2.36. The van der Waals surface area contributed by atoms with Gasteiger partial charge in [0.05, 0.1) is 5.56 Å². The number of hydrogen-bond donors (Lipinski definition) is 1. The molecule has 1 amide bonds. The van der Waals surface area contributed by atoms with E-state index in [1.165, 1.54) is 0 Å². The van der Waals surface area contributed by atoms with E-state index in [1.807, 2.05) is 6.92 Å². The lowest BCUT2D eigenvalue weighted by atomic mass is 10.1. The van der Waals surface area contributed by atoms with E-state index >= 15 is 0 Å². The number of hydrogen-bond acceptors (Lipinski definition) is 6. The molecule has 0 aliphatic heterocycles. The quantitative estimate of drug-likeness (QED) is 0.820. The Labute approximate surface area is 134 Å². The number of carbonyl (C=O) groups excluding carboxylic acids is 2. The summed E-state index contributed by atoms with van der Waals surface area (Å²) in [6.07, 6.45) is -0.0180. The Morgan fingerprint density at radius 1 is 1.30 bits per heavy atom. The Hall–Kier alpha value is -2.70. The maximum Gasteiger partial charge on any atom is 0.338 e. The first-order valence-electron chi connectivity index (χ1n) is 7.40. The molecule has 0 radical (unpaired) electrons. The minimum atomic E-state index is -0.840. The van der Waals surface area contributed by atoms with Crippen LogP contribution in [0.4, 0.5) is 0 Å². The third-order valence-electron chi connectivity index (χ3n) is 3.10. The van der Waals surface area contributed by atoms with Crippen molar-refractivity contribution in [3.8, 4) is 11.5 Å². The van der Waals surface area contributed by atoms with Crippen LogP contribution in [0.2, 0.25) is 0 Å². The van der Waals surface area contributed by atoms with Crippen molar-refractivity contribution in [2.45, 2.75) is 33.3 Å². The largest absolute Gasteiger partial charge is 0.449 e. The lowest BCUT2D eigenvalue weighted by molar-refractivity contribution is -0.129. The van der Waals surface area contributed by atoms with Crippen LogP contribution in [0.3, 0.4) is 0 Å². The average Bonchev–Trinajstić information content (AvgIpc) is 2.99. The van der Waals surface area contributed by atoms with E-state index in [4.69, 9.17) is 9.26 Å². The molecule has 0 aliphatic rings. The highest BCUT2D eigenvalue weighted by atomic mass is 16.5. The van der Waals surface area contributed by atoms with Crippen LogP contribution in [0.5, 0.6) is 0 Å². The Bertz CT molecular complexity index is 679. The minimum absolute atomic E-state index is 0.307. The number of rotatable bonds is 6. The molecule has 7 nitrogen and oxygen atoms in total. The van der Waals surface area contributed by atoms with Gasteiger partial charge in [-0.25, -0.2) is 4.79 Å². The molecule has 1 aromatic heterocycles.